The molecule has 2 aliphatic heterocycles. The highest BCUT2D eigenvalue weighted by atomic mass is 19.1. The van der Waals surface area contributed by atoms with Crippen molar-refractivity contribution in [2.45, 2.75) is 38.5 Å². The molecular formula is C46H49FN8O2. The van der Waals surface area contributed by atoms with Gasteiger partial charge in [-0.05, 0) is 123 Å². The van der Waals surface area contributed by atoms with Crippen molar-refractivity contribution >= 4 is 49.4 Å². The first-order valence-electron chi connectivity index (χ1n) is 20.0. The van der Waals surface area contributed by atoms with Crippen LogP contribution in [-0.2, 0) is 0 Å². The lowest BCUT2D eigenvalue weighted by Gasteiger charge is -2.32. The third kappa shape index (κ3) is 8.96. The molecule has 0 spiro atoms. The summed E-state index contributed by atoms with van der Waals surface area (Å²) in [5, 5.41) is 25.6. The normalized spacial score (nSPS) is 15.1. The molecule has 8 heterocycles. The maximum Gasteiger partial charge on any atom is 0.212 e. The number of rotatable bonds is 7. The number of hydrogen-bond acceptors (Lipinski definition) is 8. The Morgan fingerprint density at radius 1 is 0.561 bits per heavy atom. The zero-order valence-corrected chi connectivity index (χ0v) is 32.0. The van der Waals surface area contributed by atoms with Gasteiger partial charge in [-0.25, -0.2) is 9.97 Å². The molecule has 6 aromatic heterocycles. The molecule has 8 aromatic rings. The van der Waals surface area contributed by atoms with Crippen LogP contribution in [-0.4, -0.2) is 79.5 Å². The zero-order valence-electron chi connectivity index (χ0n) is 32.0. The number of aromatic nitrogens is 6. The lowest BCUT2D eigenvalue weighted by molar-refractivity contribution is 0.235. The van der Waals surface area contributed by atoms with E-state index in [0.29, 0.717) is 19.1 Å². The molecule has 2 aromatic carbocycles. The van der Waals surface area contributed by atoms with Crippen molar-refractivity contribution in [1.29, 1.82) is 0 Å². The molecule has 5 N–H and O–H groups in total. The number of anilines is 1. The number of nitrogens with zero attached hydrogens (tertiary/aromatic N) is 5. The molecule has 0 radical (unpaired) electrons. The first kappa shape index (κ1) is 38.1. The molecule has 2 aliphatic rings. The average Bonchev–Trinajstić information content (AvgIpc) is 3.83. The van der Waals surface area contributed by atoms with E-state index in [0.717, 1.165) is 124 Å². The average molecular weight is 765 g/mol. The number of benzene rings is 2. The number of aliphatic hydroxyl groups is 2. The Hall–Kier alpha value is -5.75. The number of halogens is 1. The second-order valence-electron chi connectivity index (χ2n) is 15.0. The summed E-state index contributed by atoms with van der Waals surface area (Å²) in [6.07, 6.45) is 17.6. The van der Waals surface area contributed by atoms with Gasteiger partial charge in [0, 0.05) is 118 Å². The van der Waals surface area contributed by atoms with E-state index < -0.39 is 5.95 Å². The summed E-state index contributed by atoms with van der Waals surface area (Å²) < 4.78 is 12.9. The third-order valence-corrected chi connectivity index (χ3v) is 11.4. The van der Waals surface area contributed by atoms with Gasteiger partial charge >= 0.3 is 0 Å². The number of fused-ring (bicyclic) bond motifs is 6. The molecule has 0 amide bonds. The van der Waals surface area contributed by atoms with Gasteiger partial charge in [0.05, 0.1) is 0 Å². The van der Waals surface area contributed by atoms with Crippen molar-refractivity contribution in [2.75, 3.05) is 44.3 Å². The molecule has 0 bridgehead atoms. The maximum atomic E-state index is 12.9. The number of H-pyrrole nitrogens is 2. The molecule has 10 nitrogen and oxygen atoms in total. The van der Waals surface area contributed by atoms with Crippen molar-refractivity contribution < 1.29 is 14.6 Å². The van der Waals surface area contributed by atoms with E-state index in [1.807, 2.05) is 49.1 Å². The number of hydrogen-bond donors (Lipinski definition) is 5. The summed E-state index contributed by atoms with van der Waals surface area (Å²) in [7, 11) is 0. The quantitative estimate of drug-likeness (QED) is 0.102. The fraction of sp³-hybridized carbons (Fsp3) is 0.304. The van der Waals surface area contributed by atoms with Crippen LogP contribution in [0.4, 0.5) is 10.2 Å². The van der Waals surface area contributed by atoms with Gasteiger partial charge in [-0.1, -0.05) is 24.3 Å². The van der Waals surface area contributed by atoms with Crippen molar-refractivity contribution in [1.82, 2.24) is 35.2 Å². The van der Waals surface area contributed by atoms with Crippen LogP contribution < -0.4 is 10.2 Å². The Balaban J connectivity index is 0.000000136. The van der Waals surface area contributed by atoms with Gasteiger partial charge in [-0.15, -0.1) is 0 Å². The molecule has 57 heavy (non-hydrogen) atoms. The van der Waals surface area contributed by atoms with E-state index >= 15 is 0 Å². The molecule has 10 rings (SSSR count). The van der Waals surface area contributed by atoms with Crippen molar-refractivity contribution in [3.05, 3.63) is 116 Å². The Morgan fingerprint density at radius 3 is 1.60 bits per heavy atom. The zero-order chi connectivity index (χ0) is 39.0. The summed E-state index contributed by atoms with van der Waals surface area (Å²) in [6, 6.07) is 24.0. The standard InChI is InChI=1S/C23H24N4O.C16H10FN3.C7H15NO/c28-12-8-16-6-10-27(11-7-16)23-4-2-18(14-25-23)17-1-3-19-20-15-24-9-5-21(20)26-22(19)13-17;17-16-4-2-11(8-19-16)10-1-3-12-13-9-18-6-5-14(13)20-15(12)7-10;9-6-3-7-1-4-8-5-2-7/h1-5,9,13-16,26,28H,6-8,10-12H2;1-9,20H;7-9H,1-6H2. The van der Waals surface area contributed by atoms with E-state index in [1.54, 1.807) is 18.5 Å². The Labute approximate surface area is 331 Å². The van der Waals surface area contributed by atoms with E-state index in [4.69, 9.17) is 15.2 Å². The van der Waals surface area contributed by atoms with Gasteiger partial charge in [0.2, 0.25) is 5.95 Å². The van der Waals surface area contributed by atoms with Gasteiger partial charge in [-0.2, -0.15) is 4.39 Å². The van der Waals surface area contributed by atoms with Crippen molar-refractivity contribution in [3.8, 4) is 22.3 Å². The summed E-state index contributed by atoms with van der Waals surface area (Å²) in [5.74, 6) is 2.02. The summed E-state index contributed by atoms with van der Waals surface area (Å²) in [4.78, 5) is 26.0. The Kier molecular flexibility index (Phi) is 12.1. The molecule has 0 atom stereocenters. The smallest absolute Gasteiger partial charge is 0.212 e. The van der Waals surface area contributed by atoms with E-state index in [1.165, 1.54) is 24.3 Å². The Bertz CT molecular complexity index is 2520. The summed E-state index contributed by atoms with van der Waals surface area (Å²) >= 11 is 0. The number of pyridine rings is 4. The van der Waals surface area contributed by atoms with Crippen LogP contribution >= 0.6 is 0 Å². The summed E-state index contributed by atoms with van der Waals surface area (Å²) in [6.45, 7) is 4.99. The lowest BCUT2D eigenvalue weighted by Crippen LogP contribution is -2.34. The van der Waals surface area contributed by atoms with Crippen LogP contribution in [0.15, 0.2) is 110 Å². The molecule has 292 valence electrons. The van der Waals surface area contributed by atoms with Gasteiger partial charge < -0.3 is 30.4 Å². The molecule has 0 saturated carbocycles. The topological polar surface area (TPSA) is 139 Å². The van der Waals surface area contributed by atoms with Gasteiger partial charge in [0.15, 0.2) is 0 Å². The second kappa shape index (κ2) is 18.0. The SMILES string of the molecule is Fc1ccc(-c2ccc3c(c2)[nH]c2ccncc23)cn1.OCCC1CCN(c2ccc(-c3ccc4c(c3)[nH]c3ccncc34)cn2)CC1.OCCC1CCNCC1. The fourth-order valence-corrected chi connectivity index (χ4v) is 8.13. The summed E-state index contributed by atoms with van der Waals surface area (Å²) in [5.41, 5.74) is 8.51. The molecule has 0 unspecified atom stereocenters. The van der Waals surface area contributed by atoms with E-state index in [-0.39, 0.29) is 0 Å². The van der Waals surface area contributed by atoms with E-state index in [9.17, 15) is 4.39 Å². The van der Waals surface area contributed by atoms with Gasteiger partial charge in [0.1, 0.15) is 5.82 Å². The fourth-order valence-electron chi connectivity index (χ4n) is 8.13. The first-order chi connectivity index (χ1) is 28.1. The lowest BCUT2D eigenvalue weighted by atomic mass is 9.94. The molecule has 0 aliphatic carbocycles. The minimum absolute atomic E-state index is 0.300. The first-order valence-corrected chi connectivity index (χ1v) is 20.0. The second-order valence-corrected chi connectivity index (χ2v) is 15.0. The molecule has 2 fully saturated rings. The molecule has 11 heteroatoms. The van der Waals surface area contributed by atoms with Crippen molar-refractivity contribution in [2.24, 2.45) is 11.8 Å². The van der Waals surface area contributed by atoms with Crippen LogP contribution in [0.3, 0.4) is 0 Å². The maximum absolute atomic E-state index is 12.9. The van der Waals surface area contributed by atoms with E-state index in [2.05, 4.69) is 71.5 Å². The molecule has 2 saturated heterocycles. The number of nitrogens with one attached hydrogen (secondary N) is 3. The van der Waals surface area contributed by atoms with Crippen LogP contribution in [0.25, 0.3) is 65.9 Å². The highest BCUT2D eigenvalue weighted by Gasteiger charge is 2.20. The predicted molar refractivity (Wildman–Crippen MR) is 228 cm³/mol. The minimum Gasteiger partial charge on any atom is -0.396 e. The molecular weight excluding hydrogens is 716 g/mol. The van der Waals surface area contributed by atoms with Crippen LogP contribution in [0.1, 0.15) is 38.5 Å². The number of aromatic amines is 2. The van der Waals surface area contributed by atoms with Crippen molar-refractivity contribution in [3.63, 3.8) is 0 Å². The number of piperidine rings is 2. The van der Waals surface area contributed by atoms with Crippen LogP contribution in [0, 0.1) is 17.8 Å². The van der Waals surface area contributed by atoms with Gasteiger partial charge in [0.25, 0.3) is 0 Å². The monoisotopic (exact) mass is 764 g/mol. The Morgan fingerprint density at radius 2 is 1.09 bits per heavy atom. The van der Waals surface area contributed by atoms with Gasteiger partial charge in [-0.3, -0.25) is 9.97 Å². The highest BCUT2D eigenvalue weighted by molar-refractivity contribution is 6.08. The third-order valence-electron chi connectivity index (χ3n) is 11.4. The van der Waals surface area contributed by atoms with Crippen LogP contribution in [0.5, 0.6) is 0 Å². The number of aliphatic hydroxyl groups excluding tert-OH is 2. The predicted octanol–water partition coefficient (Wildman–Crippen LogP) is 8.66. The minimum atomic E-state index is -0.466. The highest BCUT2D eigenvalue weighted by Crippen LogP contribution is 2.31. The van der Waals surface area contributed by atoms with Crippen LogP contribution in [0.2, 0.25) is 0 Å². The largest absolute Gasteiger partial charge is 0.396 e.